The highest BCUT2D eigenvalue weighted by Crippen LogP contribution is 2.39. The Labute approximate surface area is 264 Å². The quantitative estimate of drug-likeness (QED) is 0.127. The van der Waals surface area contributed by atoms with Crippen molar-refractivity contribution in [1.82, 2.24) is 20.1 Å². The lowest BCUT2D eigenvalue weighted by Crippen LogP contribution is -2.27. The van der Waals surface area contributed by atoms with E-state index in [9.17, 15) is 9.59 Å². The molecule has 1 aliphatic heterocycles. The van der Waals surface area contributed by atoms with Gasteiger partial charge in [0.05, 0.1) is 18.7 Å². The summed E-state index contributed by atoms with van der Waals surface area (Å²) in [6.07, 6.45) is 0.761. The van der Waals surface area contributed by atoms with Gasteiger partial charge in [0.15, 0.2) is 5.82 Å². The van der Waals surface area contributed by atoms with Gasteiger partial charge in [-0.05, 0) is 63.1 Å². The number of amides is 2. The van der Waals surface area contributed by atoms with Crippen LogP contribution in [0.1, 0.15) is 64.1 Å². The Morgan fingerprint density at radius 1 is 1.09 bits per heavy atom. The van der Waals surface area contributed by atoms with Crippen molar-refractivity contribution in [2.75, 3.05) is 24.1 Å². The third-order valence-corrected chi connectivity index (χ3v) is 8.75. The number of nitrogens with one attached hydrogen (secondary N) is 2. The summed E-state index contributed by atoms with van der Waals surface area (Å²) in [5, 5.41) is 16.2. The summed E-state index contributed by atoms with van der Waals surface area (Å²) < 4.78 is 2.01. The van der Waals surface area contributed by atoms with Crippen molar-refractivity contribution in [3.63, 3.8) is 0 Å². The van der Waals surface area contributed by atoms with Crippen LogP contribution in [-0.2, 0) is 9.59 Å². The molecule has 0 spiro atoms. The van der Waals surface area contributed by atoms with E-state index in [1.165, 1.54) is 4.88 Å². The van der Waals surface area contributed by atoms with Crippen LogP contribution in [0.4, 0.5) is 11.4 Å². The lowest BCUT2D eigenvalue weighted by Gasteiger charge is -2.13. The predicted octanol–water partition coefficient (Wildman–Crippen LogP) is 4.62. The summed E-state index contributed by atoms with van der Waals surface area (Å²) in [7, 11) is 0. The fraction of sp³-hybridized carbons (Fsp3) is 0.281. The number of fused-ring (bicyclic) bond motifs is 3. The number of hydrogen-bond acceptors (Lipinski definition) is 8. The van der Waals surface area contributed by atoms with Gasteiger partial charge in [-0.1, -0.05) is 35.6 Å². The van der Waals surface area contributed by atoms with E-state index in [-0.39, 0.29) is 31.2 Å². The van der Waals surface area contributed by atoms with Crippen LogP contribution in [0.25, 0.3) is 5.00 Å². The van der Waals surface area contributed by atoms with Crippen LogP contribution >= 0.6 is 22.9 Å². The molecule has 0 radical (unpaired) electrons. The third-order valence-electron chi connectivity index (χ3n) is 7.30. The van der Waals surface area contributed by atoms with Crippen LogP contribution in [0.5, 0.6) is 0 Å². The molecule has 3 heterocycles. The highest BCUT2D eigenvalue weighted by molar-refractivity contribution is 7.15. The molecule has 226 valence electrons. The van der Waals surface area contributed by atoms with Crippen molar-refractivity contribution in [3.8, 4) is 16.8 Å². The Morgan fingerprint density at radius 2 is 1.86 bits per heavy atom. The first kappa shape index (κ1) is 30.9. The molecule has 4 aromatic rings. The van der Waals surface area contributed by atoms with E-state index in [1.54, 1.807) is 29.5 Å². The second-order valence-electron chi connectivity index (χ2n) is 10.4. The van der Waals surface area contributed by atoms with E-state index in [4.69, 9.17) is 28.1 Å². The van der Waals surface area contributed by atoms with Crippen LogP contribution < -0.4 is 22.1 Å². The van der Waals surface area contributed by atoms with Crippen LogP contribution in [-0.4, -0.2) is 45.4 Å². The molecule has 0 bridgehead atoms. The zero-order valence-corrected chi connectivity index (χ0v) is 26.3. The minimum absolute atomic E-state index is 0.0758. The number of hydrogen-bond donors (Lipinski definition) is 4. The Balaban J connectivity index is 1.27. The number of anilines is 2. The van der Waals surface area contributed by atoms with E-state index < -0.39 is 6.04 Å². The normalized spacial score (nSPS) is 13.6. The molecule has 0 fully saturated rings. The number of aromatic nitrogens is 3. The lowest BCUT2D eigenvalue weighted by atomic mass is 9.99. The highest BCUT2D eigenvalue weighted by atomic mass is 35.5. The number of aliphatic imine (C=N–C) groups is 1. The molecule has 0 unspecified atom stereocenters. The van der Waals surface area contributed by atoms with Gasteiger partial charge in [0.25, 0.3) is 0 Å². The molecule has 0 saturated heterocycles. The van der Waals surface area contributed by atoms with E-state index in [0.29, 0.717) is 40.8 Å². The first-order chi connectivity index (χ1) is 21.2. The first-order valence-electron chi connectivity index (χ1n) is 14.2. The molecule has 1 aliphatic rings. The maximum absolute atomic E-state index is 13.2. The van der Waals surface area contributed by atoms with Crippen LogP contribution in [0, 0.1) is 32.6 Å². The molecular formula is C32H33ClN8O2S. The van der Waals surface area contributed by atoms with E-state index in [2.05, 4.69) is 46.5 Å². The number of thiophene rings is 1. The van der Waals surface area contributed by atoms with Crippen molar-refractivity contribution in [2.24, 2.45) is 10.7 Å². The number of nitrogens with two attached hydrogens (primary N) is 2. The minimum Gasteiger partial charge on any atom is -0.398 e. The zero-order valence-electron chi connectivity index (χ0n) is 24.7. The molecule has 2 aromatic carbocycles. The maximum Gasteiger partial charge on any atom is 0.224 e. The van der Waals surface area contributed by atoms with Crippen LogP contribution in [0.15, 0.2) is 47.5 Å². The van der Waals surface area contributed by atoms with Crippen molar-refractivity contribution in [2.45, 2.75) is 46.1 Å². The number of rotatable bonds is 8. The van der Waals surface area contributed by atoms with Crippen molar-refractivity contribution in [1.29, 1.82) is 0 Å². The fourth-order valence-corrected chi connectivity index (χ4v) is 6.31. The number of carbonyl (C=O) groups is 2. The van der Waals surface area contributed by atoms with Gasteiger partial charge >= 0.3 is 0 Å². The topological polar surface area (TPSA) is 153 Å². The van der Waals surface area contributed by atoms with Gasteiger partial charge in [-0.3, -0.25) is 19.1 Å². The second kappa shape index (κ2) is 13.4. The monoisotopic (exact) mass is 628 g/mol. The number of nitrogen functional groups attached to an aromatic ring is 1. The summed E-state index contributed by atoms with van der Waals surface area (Å²) in [6, 6.07) is 12.1. The third kappa shape index (κ3) is 6.68. The first-order valence-corrected chi connectivity index (χ1v) is 15.4. The Hall–Kier alpha value is -4.50. The van der Waals surface area contributed by atoms with E-state index >= 15 is 0 Å². The molecule has 2 aromatic heterocycles. The van der Waals surface area contributed by atoms with Crippen LogP contribution in [0.3, 0.4) is 0 Å². The van der Waals surface area contributed by atoms with Gasteiger partial charge < -0.3 is 22.1 Å². The number of aryl methyl sites for hydroxylation is 2. The Morgan fingerprint density at radius 3 is 2.61 bits per heavy atom. The van der Waals surface area contributed by atoms with Gasteiger partial charge in [0.2, 0.25) is 11.8 Å². The molecule has 0 aliphatic carbocycles. The SMILES string of the molecule is Cc1sc2c(c1C)C(c1ccc(Cl)cc1)=N[C@@H](CC(=O)NCCCC(=O)Nc1ccc(N)c(C#CCN)c1)c1nnc(C)n1-2. The Bertz CT molecular complexity index is 1810. The summed E-state index contributed by atoms with van der Waals surface area (Å²) in [5.74, 6) is 6.63. The summed E-state index contributed by atoms with van der Waals surface area (Å²) in [5.41, 5.74) is 16.9. The average molecular weight is 629 g/mol. The molecule has 0 saturated carbocycles. The lowest BCUT2D eigenvalue weighted by molar-refractivity contribution is -0.122. The highest BCUT2D eigenvalue weighted by Gasteiger charge is 2.32. The van der Waals surface area contributed by atoms with Crippen LogP contribution in [0.2, 0.25) is 5.02 Å². The fourth-order valence-electron chi connectivity index (χ4n) is 4.97. The standard InChI is InChI=1S/C32H33ClN8O2S/c1-18-19(2)44-32-29(18)30(21-8-10-23(33)11-9-21)38-26(31-40-39-20(3)41(31)32)17-28(43)36-15-5-7-27(42)37-24-12-13-25(35)22(16-24)6-4-14-34/h8-13,16,26H,5,7,14-15,17,34-35H2,1-3H3,(H,36,43)(H,37,42)/t26-/m0/s1. The number of benzene rings is 2. The van der Waals surface area contributed by atoms with E-state index in [0.717, 1.165) is 33.2 Å². The maximum atomic E-state index is 13.2. The molecular weight excluding hydrogens is 596 g/mol. The summed E-state index contributed by atoms with van der Waals surface area (Å²) >= 11 is 7.85. The molecule has 10 nitrogen and oxygen atoms in total. The number of carbonyl (C=O) groups excluding carboxylic acids is 2. The molecule has 6 N–H and O–H groups in total. The Kier molecular flexibility index (Phi) is 9.44. The minimum atomic E-state index is -0.563. The van der Waals surface area contributed by atoms with Gasteiger partial charge in [0.1, 0.15) is 16.9 Å². The largest absolute Gasteiger partial charge is 0.398 e. The van der Waals surface area contributed by atoms with Gasteiger partial charge in [-0.25, -0.2) is 0 Å². The average Bonchev–Trinajstić information content (AvgIpc) is 3.47. The van der Waals surface area contributed by atoms with Gasteiger partial charge in [0, 0.05) is 50.9 Å². The molecule has 2 amide bonds. The summed E-state index contributed by atoms with van der Waals surface area (Å²) in [6.45, 7) is 6.62. The molecule has 5 rings (SSSR count). The van der Waals surface area contributed by atoms with Gasteiger partial charge in [-0.15, -0.1) is 21.5 Å². The number of halogens is 1. The second-order valence-corrected chi connectivity index (χ2v) is 12.1. The van der Waals surface area contributed by atoms with Crippen molar-refractivity contribution >= 4 is 51.8 Å². The van der Waals surface area contributed by atoms with Crippen molar-refractivity contribution in [3.05, 3.63) is 86.3 Å². The number of nitrogens with zero attached hydrogens (tertiary/aromatic N) is 4. The molecule has 12 heteroatoms. The molecule has 44 heavy (non-hydrogen) atoms. The van der Waals surface area contributed by atoms with Crippen molar-refractivity contribution < 1.29 is 9.59 Å². The smallest absolute Gasteiger partial charge is 0.224 e. The predicted molar refractivity (Wildman–Crippen MR) is 176 cm³/mol. The molecule has 1 atom stereocenters. The zero-order chi connectivity index (χ0) is 31.4. The van der Waals surface area contributed by atoms with Gasteiger partial charge in [-0.2, -0.15) is 0 Å². The summed E-state index contributed by atoms with van der Waals surface area (Å²) in [4.78, 5) is 32.0. The van der Waals surface area contributed by atoms with E-state index in [1.807, 2.05) is 35.8 Å².